The fourth-order valence-corrected chi connectivity index (χ4v) is 0.730. The predicted octanol–water partition coefficient (Wildman–Crippen LogP) is 1.64. The molecule has 0 aliphatic rings. The van der Waals surface area contributed by atoms with Crippen LogP contribution in [-0.4, -0.2) is 11.2 Å². The van der Waals surface area contributed by atoms with E-state index in [9.17, 15) is 0 Å². The van der Waals surface area contributed by atoms with E-state index in [2.05, 4.69) is 11.9 Å². The molecule has 2 heteroatoms. The first-order chi connectivity index (χ1) is 4.86. The summed E-state index contributed by atoms with van der Waals surface area (Å²) in [5.74, 6) is 0. The monoisotopic (exact) mass is 134 g/mol. The summed E-state index contributed by atoms with van der Waals surface area (Å²) in [6, 6.07) is 3.85. The molecule has 0 radical (unpaired) electrons. The van der Waals surface area contributed by atoms with Crippen molar-refractivity contribution >= 4 is 6.21 Å². The molecule has 1 N–H and O–H groups in total. The second-order valence-electron chi connectivity index (χ2n) is 2.09. The minimum atomic E-state index is 0.720. The Morgan fingerprint density at radius 1 is 1.60 bits per heavy atom. The van der Waals surface area contributed by atoms with E-state index in [-0.39, 0.29) is 0 Å². The summed E-state index contributed by atoms with van der Waals surface area (Å²) in [5, 5.41) is 6.88. The molecular weight excluding hydrogens is 124 g/mol. The number of hydrogen-bond donors (Lipinski definition) is 1. The van der Waals surface area contributed by atoms with Crippen molar-refractivity contribution in [2.45, 2.75) is 13.3 Å². The fourth-order valence-electron chi connectivity index (χ4n) is 0.730. The Morgan fingerprint density at radius 3 is 2.80 bits per heavy atom. The maximum absolute atomic E-state index is 6.88. The van der Waals surface area contributed by atoms with Crippen molar-refractivity contribution < 1.29 is 0 Å². The van der Waals surface area contributed by atoms with Crippen molar-refractivity contribution in [3.63, 3.8) is 0 Å². The third-order valence-corrected chi connectivity index (χ3v) is 1.40. The van der Waals surface area contributed by atoms with Crippen molar-refractivity contribution in [1.82, 2.24) is 4.98 Å². The SMILES string of the molecule is CCc1ccc(C=N)nc1. The molecule has 0 bridgehead atoms. The summed E-state index contributed by atoms with van der Waals surface area (Å²) in [7, 11) is 0. The van der Waals surface area contributed by atoms with Crippen LogP contribution in [0, 0.1) is 5.41 Å². The van der Waals surface area contributed by atoms with E-state index in [0.29, 0.717) is 0 Å². The van der Waals surface area contributed by atoms with Gasteiger partial charge in [0.2, 0.25) is 0 Å². The average molecular weight is 134 g/mol. The van der Waals surface area contributed by atoms with E-state index < -0.39 is 0 Å². The largest absolute Gasteiger partial charge is 0.307 e. The second-order valence-corrected chi connectivity index (χ2v) is 2.09. The van der Waals surface area contributed by atoms with E-state index in [1.54, 1.807) is 6.20 Å². The van der Waals surface area contributed by atoms with Crippen LogP contribution in [0.2, 0.25) is 0 Å². The molecule has 0 fully saturated rings. The summed E-state index contributed by atoms with van der Waals surface area (Å²) in [4.78, 5) is 4.02. The van der Waals surface area contributed by atoms with Crippen LogP contribution in [-0.2, 0) is 6.42 Å². The molecule has 1 rings (SSSR count). The number of rotatable bonds is 2. The van der Waals surface area contributed by atoms with E-state index in [4.69, 9.17) is 5.41 Å². The summed E-state index contributed by atoms with van der Waals surface area (Å²) in [6.07, 6.45) is 4.06. The second kappa shape index (κ2) is 3.11. The lowest BCUT2D eigenvalue weighted by Crippen LogP contribution is -1.87. The van der Waals surface area contributed by atoms with Crippen LogP contribution in [0.4, 0.5) is 0 Å². The first-order valence-corrected chi connectivity index (χ1v) is 3.32. The Labute approximate surface area is 60.4 Å². The summed E-state index contributed by atoms with van der Waals surface area (Å²) in [6.45, 7) is 2.08. The maximum atomic E-state index is 6.88. The topological polar surface area (TPSA) is 36.7 Å². The molecule has 0 amide bonds. The highest BCUT2D eigenvalue weighted by molar-refractivity contribution is 5.73. The Kier molecular flexibility index (Phi) is 2.15. The molecule has 0 aliphatic heterocycles. The maximum Gasteiger partial charge on any atom is 0.0805 e. The molecule has 0 saturated heterocycles. The van der Waals surface area contributed by atoms with Crippen molar-refractivity contribution in [1.29, 1.82) is 5.41 Å². The van der Waals surface area contributed by atoms with Crippen molar-refractivity contribution in [2.75, 3.05) is 0 Å². The van der Waals surface area contributed by atoms with Gasteiger partial charge < -0.3 is 5.41 Å². The van der Waals surface area contributed by atoms with Gasteiger partial charge in [0.1, 0.15) is 0 Å². The first-order valence-electron chi connectivity index (χ1n) is 3.32. The Morgan fingerprint density at radius 2 is 2.40 bits per heavy atom. The summed E-state index contributed by atoms with van der Waals surface area (Å²) < 4.78 is 0. The minimum Gasteiger partial charge on any atom is -0.307 e. The van der Waals surface area contributed by atoms with Crippen LogP contribution in [0.5, 0.6) is 0 Å². The number of aromatic nitrogens is 1. The molecular formula is C8H10N2. The van der Waals surface area contributed by atoms with Crippen molar-refractivity contribution in [2.24, 2.45) is 0 Å². The van der Waals surface area contributed by atoms with E-state index in [1.807, 2.05) is 12.1 Å². The lowest BCUT2D eigenvalue weighted by atomic mass is 10.2. The van der Waals surface area contributed by atoms with Gasteiger partial charge in [0.25, 0.3) is 0 Å². The summed E-state index contributed by atoms with van der Waals surface area (Å²) >= 11 is 0. The van der Waals surface area contributed by atoms with Gasteiger partial charge in [-0.05, 0) is 18.1 Å². The Bertz CT molecular complexity index is 213. The van der Waals surface area contributed by atoms with Gasteiger partial charge in [0.15, 0.2) is 0 Å². The van der Waals surface area contributed by atoms with E-state index >= 15 is 0 Å². The van der Waals surface area contributed by atoms with Crippen LogP contribution < -0.4 is 0 Å². The molecule has 0 spiro atoms. The smallest absolute Gasteiger partial charge is 0.0805 e. The third kappa shape index (κ3) is 1.41. The molecule has 1 heterocycles. The van der Waals surface area contributed by atoms with Gasteiger partial charge in [-0.25, -0.2) is 0 Å². The molecule has 52 valence electrons. The first kappa shape index (κ1) is 6.93. The lowest BCUT2D eigenvalue weighted by molar-refractivity contribution is 1.10. The Balaban J connectivity index is 2.90. The molecule has 0 saturated carbocycles. The van der Waals surface area contributed by atoms with Gasteiger partial charge in [0.05, 0.1) is 5.69 Å². The molecule has 0 unspecified atom stereocenters. The minimum absolute atomic E-state index is 0.720. The van der Waals surface area contributed by atoms with Crippen molar-refractivity contribution in [3.8, 4) is 0 Å². The molecule has 1 aromatic rings. The van der Waals surface area contributed by atoms with Crippen LogP contribution in [0.3, 0.4) is 0 Å². The number of aryl methyl sites for hydroxylation is 1. The normalized spacial score (nSPS) is 9.30. The number of pyridine rings is 1. The van der Waals surface area contributed by atoms with E-state index in [1.165, 1.54) is 11.8 Å². The zero-order chi connectivity index (χ0) is 7.40. The highest BCUT2D eigenvalue weighted by atomic mass is 14.7. The van der Waals surface area contributed by atoms with Crippen LogP contribution in [0.15, 0.2) is 18.3 Å². The van der Waals surface area contributed by atoms with Crippen LogP contribution in [0.1, 0.15) is 18.2 Å². The van der Waals surface area contributed by atoms with Gasteiger partial charge in [-0.15, -0.1) is 0 Å². The third-order valence-electron chi connectivity index (χ3n) is 1.40. The zero-order valence-corrected chi connectivity index (χ0v) is 5.96. The van der Waals surface area contributed by atoms with Gasteiger partial charge >= 0.3 is 0 Å². The van der Waals surface area contributed by atoms with E-state index in [0.717, 1.165) is 12.1 Å². The van der Waals surface area contributed by atoms with Crippen molar-refractivity contribution in [3.05, 3.63) is 29.6 Å². The Hall–Kier alpha value is -1.18. The highest BCUT2D eigenvalue weighted by Crippen LogP contribution is 1.97. The predicted molar refractivity (Wildman–Crippen MR) is 41.5 cm³/mol. The van der Waals surface area contributed by atoms with Gasteiger partial charge in [-0.1, -0.05) is 13.0 Å². The fraction of sp³-hybridized carbons (Fsp3) is 0.250. The van der Waals surface area contributed by atoms with Gasteiger partial charge in [-0.2, -0.15) is 0 Å². The lowest BCUT2D eigenvalue weighted by Gasteiger charge is -1.93. The van der Waals surface area contributed by atoms with Crippen LogP contribution in [0.25, 0.3) is 0 Å². The number of hydrogen-bond acceptors (Lipinski definition) is 2. The molecule has 0 aromatic carbocycles. The number of nitrogens with one attached hydrogen (secondary N) is 1. The molecule has 2 nitrogen and oxygen atoms in total. The van der Waals surface area contributed by atoms with Gasteiger partial charge in [0, 0.05) is 12.4 Å². The molecule has 1 aromatic heterocycles. The standard InChI is InChI=1S/C8H10N2/c1-2-7-3-4-8(5-9)10-6-7/h3-6,9H,2H2,1H3. The highest BCUT2D eigenvalue weighted by Gasteiger charge is 1.88. The quantitative estimate of drug-likeness (QED) is 0.613. The van der Waals surface area contributed by atoms with Gasteiger partial charge in [-0.3, -0.25) is 4.98 Å². The summed E-state index contributed by atoms with van der Waals surface area (Å²) in [5.41, 5.74) is 1.93. The van der Waals surface area contributed by atoms with Crippen LogP contribution >= 0.6 is 0 Å². The molecule has 10 heavy (non-hydrogen) atoms. The number of nitrogens with zero attached hydrogens (tertiary/aromatic N) is 1. The molecule has 0 aliphatic carbocycles. The average Bonchev–Trinajstić information content (AvgIpc) is 2.05. The molecule has 0 atom stereocenters. The zero-order valence-electron chi connectivity index (χ0n) is 5.96.